The number of benzene rings is 2. The first-order valence-corrected chi connectivity index (χ1v) is 10.8. The molecule has 0 radical (unpaired) electrons. The summed E-state index contributed by atoms with van der Waals surface area (Å²) in [6, 6.07) is 17.1. The third-order valence-electron chi connectivity index (χ3n) is 6.03. The number of amides is 3. The van der Waals surface area contributed by atoms with Crippen LogP contribution in [0.4, 0.5) is 0 Å². The number of fused-ring (bicyclic) bond motifs is 1. The van der Waals surface area contributed by atoms with Crippen molar-refractivity contribution in [2.45, 2.75) is 31.8 Å². The highest BCUT2D eigenvalue weighted by molar-refractivity contribution is 6.34. The maximum Gasteiger partial charge on any atom is 0.256 e. The van der Waals surface area contributed by atoms with Gasteiger partial charge in [-0.3, -0.25) is 24.7 Å². The molecule has 1 fully saturated rings. The highest BCUT2D eigenvalue weighted by atomic mass is 35.5. The second-order valence-corrected chi connectivity index (χ2v) is 8.45. The SMILES string of the molecule is O=C1CCC(c2cccc(-c3ccc(CN4Cc5ncccc5C4=O)cc3)c2Cl)C(=O)N1. The fourth-order valence-corrected chi connectivity index (χ4v) is 4.72. The van der Waals surface area contributed by atoms with Crippen molar-refractivity contribution in [2.75, 3.05) is 0 Å². The van der Waals surface area contributed by atoms with Crippen molar-refractivity contribution in [3.05, 3.63) is 88.2 Å². The smallest absolute Gasteiger partial charge is 0.256 e. The molecule has 2 aliphatic rings. The Morgan fingerprint density at radius 3 is 2.53 bits per heavy atom. The molecule has 1 atom stereocenters. The van der Waals surface area contributed by atoms with Crippen LogP contribution in [-0.4, -0.2) is 27.6 Å². The molecule has 6 nitrogen and oxygen atoms in total. The third kappa shape index (κ3) is 3.67. The number of nitrogens with zero attached hydrogens (tertiary/aromatic N) is 2. The molecule has 1 saturated heterocycles. The zero-order valence-corrected chi connectivity index (χ0v) is 17.9. The monoisotopic (exact) mass is 445 g/mol. The van der Waals surface area contributed by atoms with Crippen LogP contribution in [0.1, 0.15) is 45.9 Å². The molecule has 3 amide bonds. The van der Waals surface area contributed by atoms with E-state index in [0.717, 1.165) is 27.9 Å². The van der Waals surface area contributed by atoms with Crippen molar-refractivity contribution >= 4 is 29.3 Å². The van der Waals surface area contributed by atoms with Crippen molar-refractivity contribution in [3.8, 4) is 11.1 Å². The maximum atomic E-state index is 12.6. The van der Waals surface area contributed by atoms with Gasteiger partial charge >= 0.3 is 0 Å². The van der Waals surface area contributed by atoms with Crippen molar-refractivity contribution in [2.24, 2.45) is 0 Å². The molecule has 2 aromatic carbocycles. The molecule has 0 aliphatic carbocycles. The Morgan fingerprint density at radius 2 is 1.78 bits per heavy atom. The minimum atomic E-state index is -0.434. The standard InChI is InChI=1S/C25H20ClN3O3/c26-23-17(3-1-4-18(23)19-10-11-22(30)28-24(19)31)16-8-6-15(7-9-16)13-29-14-21-20(25(29)32)5-2-12-27-21/h1-9,12,19H,10-11,13-14H2,(H,28,30,31). The Kier molecular flexibility index (Phi) is 5.23. The summed E-state index contributed by atoms with van der Waals surface area (Å²) >= 11 is 6.70. The zero-order valence-electron chi connectivity index (χ0n) is 17.2. The fraction of sp³-hybridized carbons (Fsp3) is 0.200. The van der Waals surface area contributed by atoms with Gasteiger partial charge in [-0.25, -0.2) is 0 Å². The van der Waals surface area contributed by atoms with Crippen LogP contribution in [0.5, 0.6) is 0 Å². The summed E-state index contributed by atoms with van der Waals surface area (Å²) in [5.41, 5.74) is 4.96. The van der Waals surface area contributed by atoms with Crippen LogP contribution in [0.25, 0.3) is 11.1 Å². The van der Waals surface area contributed by atoms with Crippen LogP contribution in [0.2, 0.25) is 5.02 Å². The van der Waals surface area contributed by atoms with Gasteiger partial charge in [-0.15, -0.1) is 0 Å². The number of rotatable bonds is 4. The highest BCUT2D eigenvalue weighted by Crippen LogP contribution is 2.37. The molecule has 2 aliphatic heterocycles. The molecule has 1 N–H and O–H groups in total. The average Bonchev–Trinajstić information content (AvgIpc) is 3.10. The zero-order chi connectivity index (χ0) is 22.2. The van der Waals surface area contributed by atoms with Crippen molar-refractivity contribution in [1.29, 1.82) is 0 Å². The maximum absolute atomic E-state index is 12.6. The first-order chi connectivity index (χ1) is 15.5. The lowest BCUT2D eigenvalue weighted by Crippen LogP contribution is -2.39. The molecule has 3 aromatic rings. The molecule has 32 heavy (non-hydrogen) atoms. The van der Waals surface area contributed by atoms with Gasteiger partial charge in [0.25, 0.3) is 5.91 Å². The van der Waals surface area contributed by atoms with Gasteiger partial charge < -0.3 is 4.90 Å². The molecule has 5 rings (SSSR count). The van der Waals surface area contributed by atoms with Crippen molar-refractivity contribution < 1.29 is 14.4 Å². The summed E-state index contributed by atoms with van der Waals surface area (Å²) in [4.78, 5) is 42.4. The molecular weight excluding hydrogens is 426 g/mol. The van der Waals surface area contributed by atoms with E-state index in [1.807, 2.05) is 48.5 Å². The quantitative estimate of drug-likeness (QED) is 0.614. The number of piperidine rings is 1. The van der Waals surface area contributed by atoms with Gasteiger partial charge in [-0.05, 0) is 35.2 Å². The normalized spacial score (nSPS) is 18.0. The summed E-state index contributed by atoms with van der Waals surface area (Å²) in [7, 11) is 0. The van der Waals surface area contributed by atoms with Crippen LogP contribution in [0.15, 0.2) is 60.8 Å². The van der Waals surface area contributed by atoms with E-state index < -0.39 is 5.92 Å². The number of hydrogen-bond acceptors (Lipinski definition) is 4. The van der Waals surface area contributed by atoms with Crippen molar-refractivity contribution in [3.63, 3.8) is 0 Å². The average molecular weight is 446 g/mol. The Balaban J connectivity index is 1.35. The predicted octanol–water partition coefficient (Wildman–Crippen LogP) is 4.08. The molecule has 0 bridgehead atoms. The van der Waals surface area contributed by atoms with E-state index in [1.165, 1.54) is 0 Å². The minimum Gasteiger partial charge on any atom is -0.328 e. The van der Waals surface area contributed by atoms with Crippen LogP contribution < -0.4 is 5.32 Å². The number of aromatic nitrogens is 1. The second kappa shape index (κ2) is 8.20. The third-order valence-corrected chi connectivity index (χ3v) is 6.45. The second-order valence-electron chi connectivity index (χ2n) is 8.07. The van der Waals surface area contributed by atoms with Gasteiger partial charge in [0.05, 0.1) is 28.7 Å². The molecule has 160 valence electrons. The number of nitrogens with one attached hydrogen (secondary N) is 1. The molecule has 1 aromatic heterocycles. The van der Waals surface area contributed by atoms with E-state index in [4.69, 9.17) is 11.6 Å². The topological polar surface area (TPSA) is 79.4 Å². The summed E-state index contributed by atoms with van der Waals surface area (Å²) in [6.07, 6.45) is 2.46. The van der Waals surface area contributed by atoms with E-state index in [0.29, 0.717) is 36.5 Å². The lowest BCUT2D eigenvalue weighted by Gasteiger charge is -2.23. The van der Waals surface area contributed by atoms with Gasteiger partial charge in [-0.1, -0.05) is 54.1 Å². The number of imide groups is 1. The van der Waals surface area contributed by atoms with Crippen LogP contribution in [0.3, 0.4) is 0 Å². The van der Waals surface area contributed by atoms with Gasteiger partial charge in [0, 0.05) is 24.7 Å². The van der Waals surface area contributed by atoms with E-state index in [2.05, 4.69) is 10.3 Å². The molecule has 0 spiro atoms. The Labute approximate surface area is 190 Å². The van der Waals surface area contributed by atoms with Gasteiger partial charge in [0.1, 0.15) is 0 Å². The van der Waals surface area contributed by atoms with Gasteiger partial charge in [0.2, 0.25) is 11.8 Å². The van der Waals surface area contributed by atoms with Gasteiger partial charge in [0.15, 0.2) is 0 Å². The molecule has 1 unspecified atom stereocenters. The Hall–Kier alpha value is -3.51. The van der Waals surface area contributed by atoms with E-state index >= 15 is 0 Å². The van der Waals surface area contributed by atoms with E-state index in [9.17, 15) is 14.4 Å². The number of carbonyl (C=O) groups excluding carboxylic acids is 3. The molecule has 7 heteroatoms. The highest BCUT2D eigenvalue weighted by Gasteiger charge is 2.30. The number of carbonyl (C=O) groups is 3. The van der Waals surface area contributed by atoms with Gasteiger partial charge in [-0.2, -0.15) is 0 Å². The van der Waals surface area contributed by atoms with Crippen LogP contribution >= 0.6 is 11.6 Å². The lowest BCUT2D eigenvalue weighted by atomic mass is 9.88. The molecule has 3 heterocycles. The van der Waals surface area contributed by atoms with Crippen LogP contribution in [-0.2, 0) is 22.7 Å². The molecular formula is C25H20ClN3O3. The van der Waals surface area contributed by atoms with E-state index in [1.54, 1.807) is 17.2 Å². The Morgan fingerprint density at radius 1 is 1.00 bits per heavy atom. The molecule has 0 saturated carbocycles. The number of pyridine rings is 1. The number of hydrogen-bond donors (Lipinski definition) is 1. The first kappa shape index (κ1) is 20.4. The Bertz CT molecular complexity index is 1240. The first-order valence-electron chi connectivity index (χ1n) is 10.5. The fourth-order valence-electron chi connectivity index (χ4n) is 4.35. The summed E-state index contributed by atoms with van der Waals surface area (Å²) in [5, 5.41) is 2.91. The van der Waals surface area contributed by atoms with Crippen molar-refractivity contribution in [1.82, 2.24) is 15.2 Å². The number of halogens is 1. The largest absolute Gasteiger partial charge is 0.328 e. The lowest BCUT2D eigenvalue weighted by molar-refractivity contribution is -0.134. The van der Waals surface area contributed by atoms with E-state index in [-0.39, 0.29) is 17.7 Å². The minimum absolute atomic E-state index is 0.00263. The predicted molar refractivity (Wildman–Crippen MR) is 120 cm³/mol. The summed E-state index contributed by atoms with van der Waals surface area (Å²) in [6.45, 7) is 1.01. The van der Waals surface area contributed by atoms with Crippen LogP contribution in [0, 0.1) is 0 Å². The summed E-state index contributed by atoms with van der Waals surface area (Å²) in [5.74, 6) is -0.987. The summed E-state index contributed by atoms with van der Waals surface area (Å²) < 4.78 is 0.